The maximum absolute atomic E-state index is 12.3. The quantitative estimate of drug-likeness (QED) is 0.580. The molecule has 1 aliphatic rings. The monoisotopic (exact) mass is 356 g/mol. The van der Waals surface area contributed by atoms with Gasteiger partial charge in [0.15, 0.2) is 0 Å². The lowest BCUT2D eigenvalue weighted by Crippen LogP contribution is -2.38. The zero-order chi connectivity index (χ0) is 16.8. The van der Waals surface area contributed by atoms with E-state index in [1.807, 2.05) is 11.0 Å². The molecule has 126 valence electrons. The predicted octanol–water partition coefficient (Wildman–Crippen LogP) is 4.38. The topological polar surface area (TPSA) is 41.9 Å². The van der Waals surface area contributed by atoms with E-state index < -0.39 is 0 Å². The maximum atomic E-state index is 12.3. The number of rotatable bonds is 5. The lowest BCUT2D eigenvalue weighted by atomic mass is 9.98. The summed E-state index contributed by atoms with van der Waals surface area (Å²) in [6.07, 6.45) is 3.09. The van der Waals surface area contributed by atoms with Crippen molar-refractivity contribution in [1.29, 1.82) is 0 Å². The highest BCUT2D eigenvalue weighted by molar-refractivity contribution is 6.42. The van der Waals surface area contributed by atoms with E-state index >= 15 is 0 Å². The molecule has 1 saturated heterocycles. The van der Waals surface area contributed by atoms with Gasteiger partial charge in [-0.15, -0.1) is 0 Å². The Morgan fingerprint density at radius 3 is 2.57 bits per heavy atom. The van der Waals surface area contributed by atoms with Crippen molar-refractivity contribution in [1.82, 2.24) is 4.90 Å². The summed E-state index contributed by atoms with van der Waals surface area (Å²) in [4.78, 5) is 19.2. The number of piperidine rings is 1. The number of amides is 1. The van der Waals surface area contributed by atoms with Gasteiger partial charge in [-0.2, -0.15) is 0 Å². The Morgan fingerprint density at radius 1 is 1.26 bits per heavy atom. The molecule has 1 aliphatic heterocycles. The summed E-state index contributed by atoms with van der Waals surface area (Å²) < 4.78 is 0. The molecule has 0 aromatic heterocycles. The third kappa shape index (κ3) is 5.11. The summed E-state index contributed by atoms with van der Waals surface area (Å²) in [6, 6.07) is 5.30. The Bertz CT molecular complexity index is 582. The molecule has 6 heteroatoms. The zero-order valence-electron chi connectivity index (χ0n) is 13.5. The fourth-order valence-corrected chi connectivity index (χ4v) is 2.97. The minimum atomic E-state index is 0.167. The van der Waals surface area contributed by atoms with Gasteiger partial charge in [-0.3, -0.25) is 4.79 Å². The van der Waals surface area contributed by atoms with Crippen LogP contribution in [0.25, 0.3) is 0 Å². The number of hydrogen-bond donors (Lipinski definition) is 0. The first kappa shape index (κ1) is 18.1. The van der Waals surface area contributed by atoms with Crippen molar-refractivity contribution in [3.8, 4) is 0 Å². The first-order chi connectivity index (χ1) is 11.0. The number of nitrogens with zero attached hydrogens (tertiary/aromatic N) is 2. The molecule has 4 nitrogen and oxygen atoms in total. The highest BCUT2D eigenvalue weighted by Crippen LogP contribution is 2.24. The summed E-state index contributed by atoms with van der Waals surface area (Å²) in [5.41, 5.74) is 1.52. The summed E-state index contributed by atoms with van der Waals surface area (Å²) >= 11 is 12.0. The molecule has 1 amide bonds. The molecule has 0 atom stereocenters. The maximum Gasteiger partial charge on any atom is 0.222 e. The van der Waals surface area contributed by atoms with Gasteiger partial charge in [0.25, 0.3) is 0 Å². The Kier molecular flexibility index (Phi) is 6.72. The molecule has 2 rings (SSSR count). The van der Waals surface area contributed by atoms with Crippen LogP contribution in [-0.2, 0) is 9.63 Å². The second kappa shape index (κ2) is 8.55. The number of halogens is 2. The number of carbonyl (C=O) groups excluding carboxylic acids is 1. The first-order valence-electron chi connectivity index (χ1n) is 7.84. The molecule has 0 saturated carbocycles. The fourth-order valence-electron chi connectivity index (χ4n) is 2.67. The van der Waals surface area contributed by atoms with Crippen molar-refractivity contribution in [3.63, 3.8) is 0 Å². The summed E-state index contributed by atoms with van der Waals surface area (Å²) in [6.45, 7) is 3.93. The highest BCUT2D eigenvalue weighted by atomic mass is 35.5. The zero-order valence-corrected chi connectivity index (χ0v) is 15.0. The molecule has 23 heavy (non-hydrogen) atoms. The van der Waals surface area contributed by atoms with Crippen LogP contribution in [0.3, 0.4) is 0 Å². The van der Waals surface area contributed by atoms with E-state index in [0.717, 1.165) is 31.5 Å². The summed E-state index contributed by atoms with van der Waals surface area (Å²) in [5.74, 6) is 0.877. The molecule has 0 bridgehead atoms. The van der Waals surface area contributed by atoms with Crippen molar-refractivity contribution in [3.05, 3.63) is 33.8 Å². The number of likely N-dealkylation sites (tertiary alicyclic amines) is 1. The molecule has 1 aromatic carbocycles. The molecular formula is C17H22Cl2N2O2. The van der Waals surface area contributed by atoms with Gasteiger partial charge in [0.05, 0.1) is 15.8 Å². The van der Waals surface area contributed by atoms with Crippen molar-refractivity contribution in [2.45, 2.75) is 32.6 Å². The number of hydrogen-bond acceptors (Lipinski definition) is 3. The molecule has 0 radical (unpaired) electrons. The molecule has 1 heterocycles. The summed E-state index contributed by atoms with van der Waals surface area (Å²) in [7, 11) is 1.49. The molecule has 0 N–H and O–H groups in total. The largest absolute Gasteiger partial charge is 0.399 e. The smallest absolute Gasteiger partial charge is 0.222 e. The molecule has 0 unspecified atom stereocenters. The molecule has 1 fully saturated rings. The van der Waals surface area contributed by atoms with Gasteiger partial charge in [0.2, 0.25) is 5.91 Å². The fraction of sp³-hybridized carbons (Fsp3) is 0.529. The minimum absolute atomic E-state index is 0.167. The Labute approximate surface area is 147 Å². The van der Waals surface area contributed by atoms with Gasteiger partial charge in [-0.05, 0) is 30.9 Å². The van der Waals surface area contributed by atoms with Crippen molar-refractivity contribution in [2.24, 2.45) is 11.1 Å². The van der Waals surface area contributed by atoms with E-state index in [1.54, 1.807) is 12.1 Å². The van der Waals surface area contributed by atoms with E-state index in [9.17, 15) is 4.79 Å². The molecule has 0 spiro atoms. The van der Waals surface area contributed by atoms with Crippen LogP contribution in [0.5, 0.6) is 0 Å². The van der Waals surface area contributed by atoms with Gasteiger partial charge in [-0.1, -0.05) is 41.3 Å². The lowest BCUT2D eigenvalue weighted by molar-refractivity contribution is -0.132. The Morgan fingerprint density at radius 2 is 1.96 bits per heavy atom. The van der Waals surface area contributed by atoms with Crippen LogP contribution in [0.2, 0.25) is 10.0 Å². The highest BCUT2D eigenvalue weighted by Gasteiger charge is 2.20. The van der Waals surface area contributed by atoms with Crippen LogP contribution in [0, 0.1) is 5.92 Å². The van der Waals surface area contributed by atoms with Crippen LogP contribution in [0.15, 0.2) is 23.4 Å². The number of oxime groups is 1. The van der Waals surface area contributed by atoms with Gasteiger partial charge in [0, 0.05) is 31.5 Å². The van der Waals surface area contributed by atoms with Crippen LogP contribution in [-0.4, -0.2) is 36.7 Å². The standard InChI is InChI=1S/C17H22Cl2N2O2/c1-12-7-9-21(10-8-12)17(22)6-5-16(20-23-2)13-3-4-14(18)15(19)11-13/h3-4,11-12H,5-10H2,1-2H3/b20-16-. The average molecular weight is 357 g/mol. The van der Waals surface area contributed by atoms with Crippen LogP contribution < -0.4 is 0 Å². The van der Waals surface area contributed by atoms with Gasteiger partial charge in [0.1, 0.15) is 7.11 Å². The van der Waals surface area contributed by atoms with E-state index in [0.29, 0.717) is 34.5 Å². The predicted molar refractivity (Wildman–Crippen MR) is 94.2 cm³/mol. The van der Waals surface area contributed by atoms with E-state index in [1.165, 1.54) is 7.11 Å². The third-order valence-electron chi connectivity index (χ3n) is 4.17. The van der Waals surface area contributed by atoms with E-state index in [2.05, 4.69) is 12.1 Å². The summed E-state index contributed by atoms with van der Waals surface area (Å²) in [5, 5.41) is 4.99. The second-order valence-corrected chi connectivity index (χ2v) is 6.73. The normalized spacial score (nSPS) is 16.5. The third-order valence-corrected chi connectivity index (χ3v) is 4.91. The Balaban J connectivity index is 1.98. The van der Waals surface area contributed by atoms with E-state index in [4.69, 9.17) is 28.0 Å². The number of benzene rings is 1. The SMILES string of the molecule is CO/N=C(/CCC(=O)N1CCC(C)CC1)c1ccc(Cl)c(Cl)c1. The van der Waals surface area contributed by atoms with Gasteiger partial charge in [-0.25, -0.2) is 0 Å². The van der Waals surface area contributed by atoms with Crippen LogP contribution >= 0.6 is 23.2 Å². The van der Waals surface area contributed by atoms with Gasteiger partial charge < -0.3 is 9.74 Å². The van der Waals surface area contributed by atoms with Crippen LogP contribution in [0.1, 0.15) is 38.2 Å². The van der Waals surface area contributed by atoms with Crippen molar-refractivity contribution in [2.75, 3.05) is 20.2 Å². The average Bonchev–Trinajstić information content (AvgIpc) is 2.54. The Hall–Kier alpha value is -1.26. The molecule has 0 aliphatic carbocycles. The van der Waals surface area contributed by atoms with Crippen LogP contribution in [0.4, 0.5) is 0 Å². The van der Waals surface area contributed by atoms with Gasteiger partial charge >= 0.3 is 0 Å². The van der Waals surface area contributed by atoms with Crippen molar-refractivity contribution < 1.29 is 9.63 Å². The minimum Gasteiger partial charge on any atom is -0.399 e. The molecular weight excluding hydrogens is 335 g/mol. The van der Waals surface area contributed by atoms with Crippen molar-refractivity contribution >= 4 is 34.8 Å². The van der Waals surface area contributed by atoms with E-state index in [-0.39, 0.29) is 5.91 Å². The lowest BCUT2D eigenvalue weighted by Gasteiger charge is -2.30. The first-order valence-corrected chi connectivity index (χ1v) is 8.60. The molecule has 1 aromatic rings. The number of carbonyl (C=O) groups is 1. The second-order valence-electron chi connectivity index (χ2n) is 5.91.